The molecular weight excluding hydrogens is 744 g/mol. The summed E-state index contributed by atoms with van der Waals surface area (Å²) in [6.45, 7) is 1.40. The molecule has 2 fully saturated rings. The molecule has 8 atom stereocenters. The third kappa shape index (κ3) is 8.66. The summed E-state index contributed by atoms with van der Waals surface area (Å²) in [5.74, 6) is -2.35. The highest BCUT2D eigenvalue weighted by Gasteiger charge is 2.53. The lowest BCUT2D eigenvalue weighted by atomic mass is 9.95. The van der Waals surface area contributed by atoms with Crippen molar-refractivity contribution in [3.63, 3.8) is 0 Å². The number of carbonyl (C=O) groups excluding carboxylic acids is 3. The molecule has 4 aromatic carbocycles. The molecule has 1 N–H and O–H groups in total. The molecule has 0 bridgehead atoms. The summed E-state index contributed by atoms with van der Waals surface area (Å²) in [6, 6.07) is 31.2. The van der Waals surface area contributed by atoms with Gasteiger partial charge in [-0.15, -0.1) is 11.6 Å². The molecule has 2 saturated heterocycles. The first-order valence-electron chi connectivity index (χ1n) is 18.1. The first-order chi connectivity index (χ1) is 27.3. The maximum absolute atomic E-state index is 13.8. The number of alkyl carbamates (subject to hydrolysis) is 1. The molecule has 56 heavy (non-hydrogen) atoms. The fourth-order valence-corrected chi connectivity index (χ4v) is 7.26. The van der Waals surface area contributed by atoms with Crippen LogP contribution in [0.1, 0.15) is 41.4 Å². The Hall–Kier alpha value is -5.47. The first-order valence-corrected chi connectivity index (χ1v) is 18.6. The number of amides is 1. The minimum Gasteiger partial charge on any atom is -0.459 e. The zero-order valence-corrected chi connectivity index (χ0v) is 31.0. The van der Waals surface area contributed by atoms with E-state index in [1.807, 2.05) is 84.9 Å². The number of carbonyl (C=O) groups is 3. The van der Waals surface area contributed by atoms with Crippen molar-refractivity contribution in [2.75, 3.05) is 19.1 Å². The summed E-state index contributed by atoms with van der Waals surface area (Å²) in [5.41, 5.74) is 15.2. The Kier molecular flexibility index (Phi) is 12.5. The van der Waals surface area contributed by atoms with Crippen LogP contribution >= 0.6 is 11.6 Å². The van der Waals surface area contributed by atoms with Gasteiger partial charge >= 0.3 is 18.0 Å². The summed E-state index contributed by atoms with van der Waals surface area (Å²) in [4.78, 5) is 42.9. The molecule has 1 aliphatic carbocycles. The van der Waals surface area contributed by atoms with Crippen LogP contribution in [0.2, 0.25) is 0 Å². The van der Waals surface area contributed by atoms with Gasteiger partial charge < -0.3 is 38.5 Å². The Morgan fingerprint density at radius 2 is 1.54 bits per heavy atom. The Balaban J connectivity index is 1.10. The SMILES string of the molecule is CC(O[C@@H]1O[C@@H]2CO[C@H](c3ccccc3)O[C@@H]2[C@H](OC(=O)CCl)[C@H]1N=[N+]=[N-])[C@H](NC(=O)OCC1c2ccccc2-c2ccccc21)C(=O)OCc1ccccc1. The van der Waals surface area contributed by atoms with Crippen molar-refractivity contribution in [3.05, 3.63) is 142 Å². The van der Waals surface area contributed by atoms with Gasteiger partial charge in [0.2, 0.25) is 0 Å². The minimum absolute atomic E-state index is 0.00770. The van der Waals surface area contributed by atoms with Gasteiger partial charge in [0, 0.05) is 16.4 Å². The summed E-state index contributed by atoms with van der Waals surface area (Å²) >= 11 is 5.82. The van der Waals surface area contributed by atoms with E-state index < -0.39 is 73.0 Å². The lowest BCUT2D eigenvalue weighted by Gasteiger charge is -2.48. The number of hydrogen-bond acceptors (Lipinski definition) is 11. The minimum atomic E-state index is -1.44. The second-order valence-corrected chi connectivity index (χ2v) is 13.7. The summed E-state index contributed by atoms with van der Waals surface area (Å²) in [6.07, 6.45) is -7.39. The van der Waals surface area contributed by atoms with E-state index in [0.717, 1.165) is 27.8 Å². The number of azide groups is 1. The van der Waals surface area contributed by atoms with Crippen LogP contribution in [-0.2, 0) is 49.4 Å². The van der Waals surface area contributed by atoms with Gasteiger partial charge in [0.15, 0.2) is 18.6 Å². The third-order valence-corrected chi connectivity index (χ3v) is 10.1. The number of halogens is 1. The van der Waals surface area contributed by atoms with Gasteiger partial charge in [-0.3, -0.25) is 4.79 Å². The van der Waals surface area contributed by atoms with Crippen LogP contribution in [0.5, 0.6) is 0 Å². The predicted octanol–water partition coefficient (Wildman–Crippen LogP) is 6.71. The first kappa shape index (κ1) is 38.8. The van der Waals surface area contributed by atoms with Crippen molar-refractivity contribution in [3.8, 4) is 11.1 Å². The molecule has 0 radical (unpaired) electrons. The molecule has 3 aliphatic rings. The summed E-state index contributed by atoms with van der Waals surface area (Å²) in [5, 5.41) is 6.51. The maximum Gasteiger partial charge on any atom is 0.407 e. The number of rotatable bonds is 13. The highest BCUT2D eigenvalue weighted by molar-refractivity contribution is 6.26. The Labute approximate surface area is 327 Å². The maximum atomic E-state index is 13.8. The lowest BCUT2D eigenvalue weighted by Crippen LogP contribution is -2.64. The van der Waals surface area contributed by atoms with Crippen LogP contribution in [0.15, 0.2) is 114 Å². The van der Waals surface area contributed by atoms with Crippen LogP contribution in [0.25, 0.3) is 21.6 Å². The van der Waals surface area contributed by atoms with Crippen molar-refractivity contribution in [1.82, 2.24) is 5.32 Å². The number of ether oxygens (including phenoxy) is 7. The van der Waals surface area contributed by atoms with Crippen LogP contribution < -0.4 is 5.32 Å². The highest BCUT2D eigenvalue weighted by Crippen LogP contribution is 2.44. The van der Waals surface area contributed by atoms with Crippen LogP contribution in [-0.4, -0.2) is 79.9 Å². The fraction of sp³-hybridized carbons (Fsp3) is 0.341. The zero-order chi connectivity index (χ0) is 39.0. The van der Waals surface area contributed by atoms with Crippen molar-refractivity contribution < 1.29 is 47.5 Å². The van der Waals surface area contributed by atoms with E-state index in [0.29, 0.717) is 5.56 Å². The quantitative estimate of drug-likeness (QED) is 0.0383. The number of alkyl halides is 1. The van der Waals surface area contributed by atoms with E-state index in [-0.39, 0.29) is 25.7 Å². The fourth-order valence-electron chi connectivity index (χ4n) is 7.20. The van der Waals surface area contributed by atoms with E-state index in [2.05, 4.69) is 15.3 Å². The van der Waals surface area contributed by atoms with Gasteiger partial charge in [-0.05, 0) is 40.3 Å². The molecule has 14 nitrogen and oxygen atoms in total. The Bertz CT molecular complexity index is 2010. The van der Waals surface area contributed by atoms with Crippen LogP contribution in [0.3, 0.4) is 0 Å². The van der Waals surface area contributed by atoms with Gasteiger partial charge in [-0.1, -0.05) is 114 Å². The zero-order valence-electron chi connectivity index (χ0n) is 30.2. The molecule has 2 heterocycles. The van der Waals surface area contributed by atoms with E-state index >= 15 is 0 Å². The molecule has 7 rings (SSSR count). The number of nitrogens with one attached hydrogen (secondary N) is 1. The predicted molar refractivity (Wildman–Crippen MR) is 201 cm³/mol. The molecule has 0 aromatic heterocycles. The number of nitrogens with zero attached hydrogens (tertiary/aromatic N) is 3. The average molecular weight is 783 g/mol. The molecule has 0 spiro atoms. The normalized spacial score (nSPS) is 23.5. The molecule has 290 valence electrons. The molecule has 1 amide bonds. The standard InChI is InChI=1S/C41H39ClN4O10/c1-24(53-40-35(45-46-43)37(55-33(47)20-42)36-32(54-40)23-51-39(56-36)26-14-6-3-7-15-26)34(38(48)50-21-25-12-4-2-5-13-25)44-41(49)52-22-31-29-18-10-8-16-27(29)28-17-9-11-19-30(28)31/h2-19,24,31-32,34-37,39-40H,20-23H2,1H3,(H,44,49)/t24?,32-,34+,35-,36+,37-,39+,40-/m1/s1. The monoisotopic (exact) mass is 782 g/mol. The van der Waals surface area contributed by atoms with Gasteiger partial charge in [0.1, 0.15) is 43.4 Å². The van der Waals surface area contributed by atoms with Gasteiger partial charge in [-0.25, -0.2) is 9.59 Å². The molecule has 0 saturated carbocycles. The van der Waals surface area contributed by atoms with Crippen molar-refractivity contribution in [2.24, 2.45) is 5.11 Å². The van der Waals surface area contributed by atoms with E-state index in [1.54, 1.807) is 24.3 Å². The van der Waals surface area contributed by atoms with E-state index in [4.69, 9.17) is 44.8 Å². The topological polar surface area (TPSA) is 177 Å². The van der Waals surface area contributed by atoms with E-state index in [9.17, 15) is 19.9 Å². The average Bonchev–Trinajstić information content (AvgIpc) is 3.56. The van der Waals surface area contributed by atoms with Gasteiger partial charge in [0.25, 0.3) is 0 Å². The Morgan fingerprint density at radius 1 is 0.893 bits per heavy atom. The highest BCUT2D eigenvalue weighted by atomic mass is 35.5. The van der Waals surface area contributed by atoms with Gasteiger partial charge in [0.05, 0.1) is 12.7 Å². The molecular formula is C41H39ClN4O10. The number of hydrogen-bond donors (Lipinski definition) is 1. The van der Waals surface area contributed by atoms with E-state index in [1.165, 1.54) is 6.92 Å². The number of fused-ring (bicyclic) bond motifs is 4. The second kappa shape index (κ2) is 18.0. The molecule has 4 aromatic rings. The Morgan fingerprint density at radius 3 is 2.20 bits per heavy atom. The molecule has 15 heteroatoms. The van der Waals surface area contributed by atoms with Crippen molar-refractivity contribution in [2.45, 2.75) is 68.5 Å². The molecule has 2 aliphatic heterocycles. The number of esters is 2. The molecule has 1 unspecified atom stereocenters. The number of benzene rings is 4. The van der Waals surface area contributed by atoms with Crippen molar-refractivity contribution in [1.29, 1.82) is 0 Å². The lowest BCUT2D eigenvalue weighted by molar-refractivity contribution is -0.347. The van der Waals surface area contributed by atoms with Crippen molar-refractivity contribution >= 4 is 29.6 Å². The summed E-state index contributed by atoms with van der Waals surface area (Å²) < 4.78 is 41.8. The smallest absolute Gasteiger partial charge is 0.407 e. The second-order valence-electron chi connectivity index (χ2n) is 13.4. The summed E-state index contributed by atoms with van der Waals surface area (Å²) in [7, 11) is 0. The van der Waals surface area contributed by atoms with Crippen LogP contribution in [0.4, 0.5) is 4.79 Å². The largest absolute Gasteiger partial charge is 0.459 e. The van der Waals surface area contributed by atoms with Gasteiger partial charge in [-0.2, -0.15) is 0 Å². The third-order valence-electron chi connectivity index (χ3n) is 9.85. The van der Waals surface area contributed by atoms with Crippen LogP contribution in [0, 0.1) is 0 Å².